The molecule has 1 atom stereocenters. The Morgan fingerprint density at radius 3 is 2.55 bits per heavy atom. The zero-order valence-electron chi connectivity index (χ0n) is 11.8. The van der Waals surface area contributed by atoms with Crippen LogP contribution in [0.5, 0.6) is 0 Å². The molecule has 2 aromatic carbocycles. The SMILES string of the molecule is Cc1ccc2c(c1)[C@@](C)(N)C(=O)N2Cc1ccccc1. The molecule has 102 valence electrons. The van der Waals surface area contributed by atoms with Crippen molar-refractivity contribution in [2.45, 2.75) is 25.9 Å². The van der Waals surface area contributed by atoms with Gasteiger partial charge in [0.25, 0.3) is 5.91 Å². The highest BCUT2D eigenvalue weighted by Crippen LogP contribution is 2.39. The van der Waals surface area contributed by atoms with Crippen LogP contribution in [0.3, 0.4) is 0 Å². The first kappa shape index (κ1) is 12.9. The fourth-order valence-corrected chi connectivity index (χ4v) is 2.73. The smallest absolute Gasteiger partial charge is 0.251 e. The molecule has 0 aliphatic carbocycles. The minimum atomic E-state index is -0.934. The van der Waals surface area contributed by atoms with Crippen LogP contribution in [0, 0.1) is 6.92 Å². The molecule has 0 spiro atoms. The van der Waals surface area contributed by atoms with Gasteiger partial charge in [0.15, 0.2) is 0 Å². The molecule has 2 N–H and O–H groups in total. The maximum absolute atomic E-state index is 12.6. The highest BCUT2D eigenvalue weighted by Gasteiger charge is 2.44. The molecule has 3 heteroatoms. The van der Waals surface area contributed by atoms with E-state index in [1.807, 2.05) is 55.5 Å². The average molecular weight is 266 g/mol. The second kappa shape index (κ2) is 4.46. The van der Waals surface area contributed by atoms with Gasteiger partial charge in [-0.15, -0.1) is 0 Å². The predicted molar refractivity (Wildman–Crippen MR) is 80.4 cm³/mol. The van der Waals surface area contributed by atoms with Crippen molar-refractivity contribution in [2.24, 2.45) is 5.73 Å². The van der Waals surface area contributed by atoms with E-state index >= 15 is 0 Å². The molecule has 0 aromatic heterocycles. The van der Waals surface area contributed by atoms with Crippen LogP contribution < -0.4 is 10.6 Å². The first-order valence-electron chi connectivity index (χ1n) is 6.76. The van der Waals surface area contributed by atoms with Gasteiger partial charge in [0.05, 0.1) is 6.54 Å². The number of anilines is 1. The summed E-state index contributed by atoms with van der Waals surface area (Å²) in [4.78, 5) is 14.4. The zero-order valence-corrected chi connectivity index (χ0v) is 11.8. The van der Waals surface area contributed by atoms with Gasteiger partial charge in [-0.05, 0) is 25.5 Å². The Balaban J connectivity index is 2.04. The Morgan fingerprint density at radius 1 is 1.15 bits per heavy atom. The molecule has 0 bridgehead atoms. The van der Waals surface area contributed by atoms with E-state index in [-0.39, 0.29) is 5.91 Å². The summed E-state index contributed by atoms with van der Waals surface area (Å²) in [5, 5.41) is 0. The summed E-state index contributed by atoms with van der Waals surface area (Å²) < 4.78 is 0. The van der Waals surface area contributed by atoms with E-state index in [1.54, 1.807) is 11.8 Å². The Labute approximate surface area is 119 Å². The van der Waals surface area contributed by atoms with Crippen molar-refractivity contribution in [3.8, 4) is 0 Å². The Hall–Kier alpha value is -2.13. The summed E-state index contributed by atoms with van der Waals surface area (Å²) in [5.41, 5.74) is 9.38. The monoisotopic (exact) mass is 266 g/mol. The lowest BCUT2D eigenvalue weighted by atomic mass is 9.94. The van der Waals surface area contributed by atoms with Crippen LogP contribution in [-0.2, 0) is 16.9 Å². The number of benzene rings is 2. The van der Waals surface area contributed by atoms with E-state index in [4.69, 9.17) is 5.73 Å². The van der Waals surface area contributed by atoms with Crippen LogP contribution >= 0.6 is 0 Å². The molecule has 3 rings (SSSR count). The van der Waals surface area contributed by atoms with Crippen LogP contribution in [0.25, 0.3) is 0 Å². The number of hydrogen-bond donors (Lipinski definition) is 1. The second-order valence-corrected chi connectivity index (χ2v) is 5.60. The lowest BCUT2D eigenvalue weighted by Gasteiger charge is -2.20. The summed E-state index contributed by atoms with van der Waals surface area (Å²) in [6, 6.07) is 16.0. The number of nitrogens with zero attached hydrogens (tertiary/aromatic N) is 1. The molecule has 0 saturated heterocycles. The van der Waals surface area contributed by atoms with Crippen LogP contribution in [0.4, 0.5) is 5.69 Å². The number of aryl methyl sites for hydroxylation is 1. The van der Waals surface area contributed by atoms with Gasteiger partial charge in [-0.1, -0.05) is 48.0 Å². The average Bonchev–Trinajstić information content (AvgIpc) is 2.62. The van der Waals surface area contributed by atoms with Crippen LogP contribution in [-0.4, -0.2) is 5.91 Å². The summed E-state index contributed by atoms with van der Waals surface area (Å²) in [5.74, 6) is -0.0399. The summed E-state index contributed by atoms with van der Waals surface area (Å²) in [6.45, 7) is 4.36. The molecule has 0 saturated carbocycles. The van der Waals surface area contributed by atoms with Gasteiger partial charge in [0.2, 0.25) is 0 Å². The molecule has 1 aliphatic heterocycles. The lowest BCUT2D eigenvalue weighted by Crippen LogP contribution is -2.44. The van der Waals surface area contributed by atoms with E-state index < -0.39 is 5.54 Å². The molecule has 20 heavy (non-hydrogen) atoms. The van der Waals surface area contributed by atoms with Crippen molar-refractivity contribution < 1.29 is 4.79 Å². The lowest BCUT2D eigenvalue weighted by molar-refractivity contribution is -0.122. The number of amides is 1. The third-order valence-corrected chi connectivity index (χ3v) is 3.88. The van der Waals surface area contributed by atoms with E-state index in [0.29, 0.717) is 6.54 Å². The molecule has 1 amide bonds. The fraction of sp³-hybridized carbons (Fsp3) is 0.235. The summed E-state index contributed by atoms with van der Waals surface area (Å²) in [6.07, 6.45) is 0. The number of hydrogen-bond acceptors (Lipinski definition) is 2. The highest BCUT2D eigenvalue weighted by molar-refractivity contribution is 6.07. The topological polar surface area (TPSA) is 46.3 Å². The van der Waals surface area contributed by atoms with E-state index in [0.717, 1.165) is 22.4 Å². The third kappa shape index (κ3) is 1.91. The van der Waals surface area contributed by atoms with Crippen molar-refractivity contribution in [3.63, 3.8) is 0 Å². The second-order valence-electron chi connectivity index (χ2n) is 5.60. The minimum absolute atomic E-state index is 0.0399. The van der Waals surface area contributed by atoms with Crippen molar-refractivity contribution in [3.05, 3.63) is 65.2 Å². The quantitative estimate of drug-likeness (QED) is 0.908. The largest absolute Gasteiger partial charge is 0.314 e. The Morgan fingerprint density at radius 2 is 1.85 bits per heavy atom. The number of carbonyl (C=O) groups excluding carboxylic acids is 1. The number of carbonyl (C=O) groups is 1. The number of fused-ring (bicyclic) bond motifs is 1. The molecule has 0 unspecified atom stereocenters. The Kier molecular flexibility index (Phi) is 2.87. The van der Waals surface area contributed by atoms with Crippen LogP contribution in [0.15, 0.2) is 48.5 Å². The first-order valence-corrected chi connectivity index (χ1v) is 6.76. The van der Waals surface area contributed by atoms with Gasteiger partial charge in [-0.3, -0.25) is 4.79 Å². The molecule has 1 heterocycles. The maximum Gasteiger partial charge on any atom is 0.251 e. The van der Waals surface area contributed by atoms with Crippen molar-refractivity contribution in [2.75, 3.05) is 4.90 Å². The highest BCUT2D eigenvalue weighted by atomic mass is 16.2. The van der Waals surface area contributed by atoms with Gasteiger partial charge < -0.3 is 10.6 Å². The molecule has 2 aromatic rings. The maximum atomic E-state index is 12.6. The van der Waals surface area contributed by atoms with E-state index in [2.05, 4.69) is 0 Å². The van der Waals surface area contributed by atoms with E-state index in [9.17, 15) is 4.79 Å². The molecule has 0 fully saturated rings. The molecular weight excluding hydrogens is 248 g/mol. The van der Waals surface area contributed by atoms with Crippen molar-refractivity contribution in [1.82, 2.24) is 0 Å². The van der Waals surface area contributed by atoms with E-state index in [1.165, 1.54) is 0 Å². The normalized spacial score (nSPS) is 21.1. The van der Waals surface area contributed by atoms with Crippen molar-refractivity contribution in [1.29, 1.82) is 0 Å². The van der Waals surface area contributed by atoms with Gasteiger partial charge in [0.1, 0.15) is 5.54 Å². The van der Waals surface area contributed by atoms with Gasteiger partial charge in [-0.2, -0.15) is 0 Å². The van der Waals surface area contributed by atoms with Crippen LogP contribution in [0.1, 0.15) is 23.6 Å². The fourth-order valence-electron chi connectivity index (χ4n) is 2.73. The molecular formula is C17H18N2O. The minimum Gasteiger partial charge on any atom is -0.314 e. The predicted octanol–water partition coefficient (Wildman–Crippen LogP) is 2.72. The number of rotatable bonds is 2. The Bertz CT molecular complexity index is 662. The van der Waals surface area contributed by atoms with Gasteiger partial charge in [0, 0.05) is 11.3 Å². The molecule has 1 aliphatic rings. The summed E-state index contributed by atoms with van der Waals surface area (Å²) >= 11 is 0. The van der Waals surface area contributed by atoms with Gasteiger partial charge in [-0.25, -0.2) is 0 Å². The molecule has 0 radical (unpaired) electrons. The number of nitrogens with two attached hydrogens (primary N) is 1. The zero-order chi connectivity index (χ0) is 14.3. The molecule has 3 nitrogen and oxygen atoms in total. The van der Waals surface area contributed by atoms with Gasteiger partial charge >= 0.3 is 0 Å². The standard InChI is InChI=1S/C17H18N2O/c1-12-8-9-15-14(10-12)17(2,18)16(20)19(15)11-13-6-4-3-5-7-13/h3-10H,11,18H2,1-2H3/t17-/m1/s1. The summed E-state index contributed by atoms with van der Waals surface area (Å²) in [7, 11) is 0. The first-order chi connectivity index (χ1) is 9.50. The third-order valence-electron chi connectivity index (χ3n) is 3.88. The van der Waals surface area contributed by atoms with Crippen molar-refractivity contribution >= 4 is 11.6 Å². The van der Waals surface area contributed by atoms with Crippen LogP contribution in [0.2, 0.25) is 0 Å².